The van der Waals surface area contributed by atoms with Gasteiger partial charge in [0.2, 0.25) is 0 Å². The normalized spacial score (nSPS) is 22.7. The first-order valence-corrected chi connectivity index (χ1v) is 19.9. The summed E-state index contributed by atoms with van der Waals surface area (Å²) in [6, 6.07) is 8.75. The summed E-state index contributed by atoms with van der Waals surface area (Å²) < 4.78 is 14.2. The zero-order valence-corrected chi connectivity index (χ0v) is 33.2. The number of urea groups is 1. The molecule has 1 saturated heterocycles. The number of fused-ring (bicyclic) bond motifs is 5. The second-order valence-corrected chi connectivity index (χ2v) is 16.8. The van der Waals surface area contributed by atoms with Gasteiger partial charge in [-0.1, -0.05) is 33.8 Å². The van der Waals surface area contributed by atoms with Gasteiger partial charge in [-0.2, -0.15) is 0 Å². The molecule has 12 nitrogen and oxygen atoms in total. The minimum Gasteiger partial charge on any atom is -0.464 e. The first kappa shape index (κ1) is 38.8. The van der Waals surface area contributed by atoms with E-state index in [0.717, 1.165) is 50.8 Å². The number of hydrogen-bond donors (Lipinski definition) is 2. The number of nitrogens with zero attached hydrogens (tertiary/aromatic N) is 5. The van der Waals surface area contributed by atoms with E-state index in [9.17, 15) is 14.4 Å². The van der Waals surface area contributed by atoms with E-state index in [1.54, 1.807) is 30.8 Å². The first-order valence-electron chi connectivity index (χ1n) is 18.9. The zero-order valence-electron chi connectivity index (χ0n) is 32.4. The molecular weight excluding hydrogens is 691 g/mol. The van der Waals surface area contributed by atoms with Gasteiger partial charge in [0, 0.05) is 74.0 Å². The number of hydrogen-bond acceptors (Lipinski definition) is 9. The highest BCUT2D eigenvalue weighted by Gasteiger charge is 2.37. The number of aryl methyl sites for hydroxylation is 1. The third-order valence-corrected chi connectivity index (χ3v) is 11.5. The van der Waals surface area contributed by atoms with Crippen LogP contribution in [-0.2, 0) is 32.0 Å². The average molecular weight is 746 g/mol. The van der Waals surface area contributed by atoms with Crippen molar-refractivity contribution in [1.29, 1.82) is 0 Å². The average Bonchev–Trinajstić information content (AvgIpc) is 3.73. The summed E-state index contributed by atoms with van der Waals surface area (Å²) in [4.78, 5) is 52.7. The molecule has 6 bridgehead atoms. The molecule has 1 aromatic carbocycles. The fourth-order valence-electron chi connectivity index (χ4n) is 7.69. The van der Waals surface area contributed by atoms with E-state index in [1.165, 1.54) is 10.6 Å². The minimum atomic E-state index is -0.861. The van der Waals surface area contributed by atoms with Crippen LogP contribution in [0.1, 0.15) is 89.8 Å². The number of benzene rings is 1. The number of amides is 3. The highest BCUT2D eigenvalue weighted by atomic mass is 32.2. The molecule has 3 aliphatic heterocycles. The molecule has 1 fully saturated rings. The summed E-state index contributed by atoms with van der Waals surface area (Å²) in [6.45, 7) is 14.4. The van der Waals surface area contributed by atoms with Crippen LogP contribution < -0.4 is 10.7 Å². The quantitative estimate of drug-likeness (QED) is 0.270. The van der Waals surface area contributed by atoms with E-state index in [1.807, 2.05) is 33.0 Å². The van der Waals surface area contributed by atoms with Crippen molar-refractivity contribution in [2.75, 3.05) is 39.6 Å². The number of carbonyl (C=O) groups excluding carboxylic acids is 3. The Morgan fingerprint density at radius 1 is 1.23 bits per heavy atom. The number of ether oxygens (including phenoxy) is 2. The van der Waals surface area contributed by atoms with Crippen molar-refractivity contribution in [2.24, 2.45) is 16.3 Å². The van der Waals surface area contributed by atoms with Crippen molar-refractivity contribution in [2.45, 2.75) is 98.0 Å². The molecule has 4 atom stereocenters. The van der Waals surface area contributed by atoms with Crippen molar-refractivity contribution in [3.8, 4) is 11.3 Å². The van der Waals surface area contributed by atoms with Gasteiger partial charge in [0.25, 0.3) is 5.91 Å². The summed E-state index contributed by atoms with van der Waals surface area (Å²) in [6.07, 6.45) is 3.66. The maximum Gasteiger partial charge on any atom is 0.324 e. The molecule has 0 aliphatic carbocycles. The van der Waals surface area contributed by atoms with Crippen LogP contribution in [0.2, 0.25) is 0 Å². The number of thioether (sulfide) groups is 1. The van der Waals surface area contributed by atoms with E-state index >= 15 is 0 Å². The number of aromatic nitrogens is 2. The van der Waals surface area contributed by atoms with Gasteiger partial charge in [0.15, 0.2) is 0 Å². The van der Waals surface area contributed by atoms with Crippen molar-refractivity contribution >= 4 is 45.6 Å². The minimum absolute atomic E-state index is 0.108. The van der Waals surface area contributed by atoms with Gasteiger partial charge in [0.1, 0.15) is 12.1 Å². The smallest absolute Gasteiger partial charge is 0.324 e. The maximum atomic E-state index is 14.1. The number of aliphatic imine (C=N–C) groups is 1. The number of carbonyl (C=O) groups is 3. The molecule has 286 valence electrons. The van der Waals surface area contributed by atoms with Crippen LogP contribution in [0.25, 0.3) is 22.2 Å². The Morgan fingerprint density at radius 2 is 2.02 bits per heavy atom. The first-order chi connectivity index (χ1) is 25.3. The van der Waals surface area contributed by atoms with Gasteiger partial charge in [-0.3, -0.25) is 24.6 Å². The Balaban J connectivity index is 1.46. The molecule has 0 saturated carbocycles. The molecule has 5 heterocycles. The van der Waals surface area contributed by atoms with Crippen molar-refractivity contribution in [3.05, 3.63) is 53.3 Å². The van der Waals surface area contributed by atoms with Crippen molar-refractivity contribution < 1.29 is 23.9 Å². The standard InChI is InChI=1S/C40H55N7O5S/c1-9-46-33-15-14-26-18-28(33)29(36(46)27-12-10-16-41-35(27)25(4)51-8)20-40(5,6)23-52-38(49)30-13-11-17-47(44-30)37(48)31(19-34-42-32(26)22-53-34)43-39(50)45(7)21-24(2)3/h10,12,14-16,18,24-25,30-32,44H,9,11,13,17,19-23H2,1-8H3,(H,43,50)/t25-,30-,31-,32?/m0/s1. The van der Waals surface area contributed by atoms with Gasteiger partial charge in [0.05, 0.1) is 35.2 Å². The lowest BCUT2D eigenvalue weighted by Gasteiger charge is -2.36. The summed E-state index contributed by atoms with van der Waals surface area (Å²) in [5, 5.41) is 6.43. The van der Waals surface area contributed by atoms with Crippen LogP contribution in [0.5, 0.6) is 0 Å². The Hall–Kier alpha value is -3.94. The number of nitrogens with one attached hydrogen (secondary N) is 2. The molecule has 2 aromatic heterocycles. The summed E-state index contributed by atoms with van der Waals surface area (Å²) in [5.41, 5.74) is 9.06. The van der Waals surface area contributed by atoms with Gasteiger partial charge in [-0.15, -0.1) is 11.8 Å². The molecule has 0 radical (unpaired) electrons. The Morgan fingerprint density at radius 3 is 2.75 bits per heavy atom. The van der Waals surface area contributed by atoms with Crippen molar-refractivity contribution in [3.63, 3.8) is 0 Å². The number of esters is 1. The predicted octanol–water partition coefficient (Wildman–Crippen LogP) is 6.29. The second kappa shape index (κ2) is 16.2. The molecule has 3 aliphatic rings. The molecule has 3 amide bonds. The van der Waals surface area contributed by atoms with Crippen LogP contribution in [0.4, 0.5) is 4.79 Å². The summed E-state index contributed by atoms with van der Waals surface area (Å²) in [7, 11) is 3.44. The lowest BCUT2D eigenvalue weighted by atomic mass is 9.84. The van der Waals surface area contributed by atoms with Crippen LogP contribution >= 0.6 is 11.8 Å². The van der Waals surface area contributed by atoms with Gasteiger partial charge in [-0.25, -0.2) is 10.2 Å². The highest BCUT2D eigenvalue weighted by molar-refractivity contribution is 8.14. The summed E-state index contributed by atoms with van der Waals surface area (Å²) >= 11 is 1.63. The van der Waals surface area contributed by atoms with E-state index < -0.39 is 23.5 Å². The third-order valence-electron chi connectivity index (χ3n) is 10.4. The van der Waals surface area contributed by atoms with E-state index in [0.29, 0.717) is 32.4 Å². The Kier molecular flexibility index (Phi) is 11.9. The highest BCUT2D eigenvalue weighted by Crippen LogP contribution is 2.42. The van der Waals surface area contributed by atoms with Crippen LogP contribution in [0.15, 0.2) is 41.5 Å². The van der Waals surface area contributed by atoms with Crippen LogP contribution in [0, 0.1) is 11.3 Å². The molecule has 6 rings (SSSR count). The predicted molar refractivity (Wildman–Crippen MR) is 210 cm³/mol. The molecule has 13 heteroatoms. The summed E-state index contributed by atoms with van der Waals surface area (Å²) in [5.74, 6) is 0.315. The monoisotopic (exact) mass is 745 g/mol. The fraction of sp³-hybridized carbons (Fsp3) is 0.575. The molecule has 1 unspecified atom stereocenters. The fourth-order valence-corrected chi connectivity index (χ4v) is 8.79. The number of cyclic esters (lactones) is 1. The molecule has 0 spiro atoms. The largest absolute Gasteiger partial charge is 0.464 e. The molecule has 3 aromatic rings. The van der Waals surface area contributed by atoms with Gasteiger partial charge in [-0.05, 0) is 74.4 Å². The zero-order chi connectivity index (χ0) is 38.0. The maximum absolute atomic E-state index is 14.1. The van der Waals surface area contributed by atoms with Gasteiger partial charge < -0.3 is 24.3 Å². The Labute approximate surface area is 317 Å². The SMILES string of the molecule is CCn1c(-c2cccnc2[C@H](C)OC)c2c3cc(ccc31)C1CSC(=N1)C[C@H](NC(=O)N(C)CC(C)C)C(=O)N1CCC[C@H](N1)C(=O)OCC(C)(C)C2. The van der Waals surface area contributed by atoms with Crippen LogP contribution in [-0.4, -0.2) is 94.1 Å². The molecule has 53 heavy (non-hydrogen) atoms. The Bertz CT molecular complexity index is 1870. The van der Waals surface area contributed by atoms with E-state index in [4.69, 9.17) is 19.5 Å². The lowest BCUT2D eigenvalue weighted by Crippen LogP contribution is -2.61. The molecular formula is C40H55N7O5S. The lowest BCUT2D eigenvalue weighted by molar-refractivity contribution is -0.155. The van der Waals surface area contributed by atoms with E-state index in [-0.39, 0.29) is 43.0 Å². The van der Waals surface area contributed by atoms with E-state index in [2.05, 4.69) is 60.3 Å². The number of pyridine rings is 1. The topological polar surface area (TPSA) is 130 Å². The van der Waals surface area contributed by atoms with Crippen molar-refractivity contribution in [1.82, 2.24) is 30.2 Å². The second-order valence-electron chi connectivity index (χ2n) is 15.8. The number of methoxy groups -OCH3 is 1. The number of hydrazine groups is 1. The number of rotatable bonds is 7. The van der Waals surface area contributed by atoms with Crippen LogP contribution in [0.3, 0.4) is 0 Å². The molecule has 2 N–H and O–H groups in total. The van der Waals surface area contributed by atoms with Gasteiger partial charge >= 0.3 is 12.0 Å². The third kappa shape index (κ3) is 8.42.